The minimum absolute atomic E-state index is 0.122. The van der Waals surface area contributed by atoms with Gasteiger partial charge in [-0.1, -0.05) is 26.0 Å². The quantitative estimate of drug-likeness (QED) is 0.652. The molecule has 0 bridgehead atoms. The molecule has 0 radical (unpaired) electrons. The van der Waals surface area contributed by atoms with Crippen molar-refractivity contribution in [2.75, 3.05) is 18.6 Å². The van der Waals surface area contributed by atoms with Crippen LogP contribution in [-0.4, -0.2) is 41.4 Å². The molecular formula is C25H27N3O3. The number of nitrogens with one attached hydrogen (secondary N) is 1. The van der Waals surface area contributed by atoms with Crippen molar-refractivity contribution in [1.29, 1.82) is 0 Å². The molecule has 6 heteroatoms. The third kappa shape index (κ3) is 3.31. The van der Waals surface area contributed by atoms with Crippen LogP contribution in [0.15, 0.2) is 42.5 Å². The van der Waals surface area contributed by atoms with Crippen LogP contribution in [-0.2, 0) is 22.6 Å². The predicted molar refractivity (Wildman–Crippen MR) is 120 cm³/mol. The Kier molecular flexibility index (Phi) is 4.82. The molecule has 6 nitrogen and oxygen atoms in total. The Morgan fingerprint density at radius 1 is 1.10 bits per heavy atom. The fourth-order valence-corrected chi connectivity index (χ4v) is 4.81. The number of hydrogen-bond acceptors (Lipinski definition) is 4. The lowest BCUT2D eigenvalue weighted by Crippen LogP contribution is -2.44. The molecule has 0 spiro atoms. The van der Waals surface area contributed by atoms with E-state index < -0.39 is 6.04 Å². The second-order valence-corrected chi connectivity index (χ2v) is 8.75. The first kappa shape index (κ1) is 19.8. The molecule has 2 aliphatic rings. The van der Waals surface area contributed by atoms with Crippen LogP contribution in [0.4, 0.5) is 5.69 Å². The molecule has 2 aliphatic heterocycles. The number of rotatable bonds is 4. The van der Waals surface area contributed by atoms with Gasteiger partial charge < -0.3 is 9.72 Å². The zero-order valence-corrected chi connectivity index (χ0v) is 18.1. The van der Waals surface area contributed by atoms with Gasteiger partial charge in [0.05, 0.1) is 25.3 Å². The van der Waals surface area contributed by atoms with Crippen LogP contribution in [0.25, 0.3) is 10.9 Å². The fourth-order valence-electron chi connectivity index (χ4n) is 4.81. The van der Waals surface area contributed by atoms with Gasteiger partial charge in [0.25, 0.3) is 5.91 Å². The average Bonchev–Trinajstić information content (AvgIpc) is 3.29. The molecule has 3 aromatic rings. The summed E-state index contributed by atoms with van der Waals surface area (Å²) in [6.45, 7) is 5.64. The van der Waals surface area contributed by atoms with Gasteiger partial charge in [0.1, 0.15) is 5.75 Å². The lowest BCUT2D eigenvalue weighted by atomic mass is 10.0. The highest BCUT2D eigenvalue weighted by Crippen LogP contribution is 2.33. The zero-order chi connectivity index (χ0) is 21.7. The number of carbonyl (C=O) groups excluding carboxylic acids is 2. The topological polar surface area (TPSA) is 65.6 Å². The second kappa shape index (κ2) is 7.54. The Labute approximate surface area is 181 Å². The first-order valence-corrected chi connectivity index (χ1v) is 10.8. The molecule has 1 aromatic heterocycles. The van der Waals surface area contributed by atoms with E-state index in [9.17, 15) is 9.59 Å². The van der Waals surface area contributed by atoms with E-state index in [4.69, 9.17) is 4.74 Å². The van der Waals surface area contributed by atoms with Gasteiger partial charge in [-0.2, -0.15) is 0 Å². The summed E-state index contributed by atoms with van der Waals surface area (Å²) in [4.78, 5) is 33.0. The SMILES string of the molecule is COc1ccc2[nH]c3c(c2c1)CCN([C@H]1CC(=O)N(c2ccc(C(C)C)cc2)C1=O)C3. The van der Waals surface area contributed by atoms with Crippen molar-refractivity contribution in [2.24, 2.45) is 0 Å². The number of imide groups is 1. The lowest BCUT2D eigenvalue weighted by molar-refractivity contribution is -0.123. The lowest BCUT2D eigenvalue weighted by Gasteiger charge is -2.30. The third-order valence-corrected chi connectivity index (χ3v) is 6.59. The van der Waals surface area contributed by atoms with Gasteiger partial charge in [-0.15, -0.1) is 0 Å². The minimum Gasteiger partial charge on any atom is -0.497 e. The van der Waals surface area contributed by atoms with Crippen LogP contribution >= 0.6 is 0 Å². The Hall–Kier alpha value is -3.12. The van der Waals surface area contributed by atoms with Gasteiger partial charge in [0, 0.05) is 29.7 Å². The maximum atomic E-state index is 13.2. The van der Waals surface area contributed by atoms with Crippen molar-refractivity contribution < 1.29 is 14.3 Å². The van der Waals surface area contributed by atoms with Gasteiger partial charge in [-0.25, -0.2) is 4.90 Å². The summed E-state index contributed by atoms with van der Waals surface area (Å²) in [5, 5.41) is 1.18. The Morgan fingerprint density at radius 3 is 2.58 bits per heavy atom. The average molecular weight is 418 g/mol. The van der Waals surface area contributed by atoms with Gasteiger partial charge in [-0.05, 0) is 53.8 Å². The number of hydrogen-bond donors (Lipinski definition) is 1. The Morgan fingerprint density at radius 2 is 1.87 bits per heavy atom. The fraction of sp³-hybridized carbons (Fsp3) is 0.360. The van der Waals surface area contributed by atoms with Gasteiger partial charge in [-0.3, -0.25) is 14.5 Å². The summed E-state index contributed by atoms with van der Waals surface area (Å²) in [6.07, 6.45) is 1.07. The van der Waals surface area contributed by atoms with Gasteiger partial charge in [0.15, 0.2) is 0 Å². The van der Waals surface area contributed by atoms with Crippen LogP contribution in [0.2, 0.25) is 0 Å². The van der Waals surface area contributed by atoms with Crippen molar-refractivity contribution in [1.82, 2.24) is 9.88 Å². The molecule has 2 aromatic carbocycles. The molecule has 1 fully saturated rings. The molecule has 0 saturated carbocycles. The monoisotopic (exact) mass is 417 g/mol. The van der Waals surface area contributed by atoms with E-state index in [-0.39, 0.29) is 18.2 Å². The number of benzene rings is 2. The standard InChI is InChI=1S/C25H27N3O3/c1-15(2)16-4-6-17(7-5-16)28-24(29)13-23(25(28)30)27-11-10-19-20-12-18(31-3)8-9-21(20)26-22(19)14-27/h4-9,12,15,23,26H,10-11,13-14H2,1-3H3/t23-/m0/s1. The van der Waals surface area contributed by atoms with Crippen LogP contribution in [0.5, 0.6) is 5.75 Å². The molecule has 31 heavy (non-hydrogen) atoms. The second-order valence-electron chi connectivity index (χ2n) is 8.75. The van der Waals surface area contributed by atoms with Gasteiger partial charge >= 0.3 is 0 Å². The van der Waals surface area contributed by atoms with Crippen LogP contribution in [0.3, 0.4) is 0 Å². The molecular weight excluding hydrogens is 390 g/mol. The van der Waals surface area contributed by atoms with Crippen LogP contribution in [0.1, 0.15) is 43.0 Å². The van der Waals surface area contributed by atoms with Crippen molar-refractivity contribution in [3.63, 3.8) is 0 Å². The van der Waals surface area contributed by atoms with E-state index in [0.717, 1.165) is 29.9 Å². The number of anilines is 1. The van der Waals surface area contributed by atoms with Gasteiger partial charge in [0.2, 0.25) is 5.91 Å². The first-order valence-electron chi connectivity index (χ1n) is 10.8. The first-order chi connectivity index (χ1) is 15.0. The van der Waals surface area contributed by atoms with Crippen molar-refractivity contribution in [3.8, 4) is 5.75 Å². The normalized spacial score (nSPS) is 19.5. The number of carbonyl (C=O) groups is 2. The molecule has 0 aliphatic carbocycles. The van der Waals surface area contributed by atoms with E-state index in [1.165, 1.54) is 21.4 Å². The third-order valence-electron chi connectivity index (χ3n) is 6.59. The summed E-state index contributed by atoms with van der Waals surface area (Å²) in [6, 6.07) is 13.4. The number of aromatic nitrogens is 1. The molecule has 1 saturated heterocycles. The van der Waals surface area contributed by atoms with Crippen molar-refractivity contribution >= 4 is 28.4 Å². The highest BCUT2D eigenvalue weighted by molar-refractivity contribution is 6.22. The number of nitrogens with zero attached hydrogens (tertiary/aromatic N) is 2. The molecule has 3 heterocycles. The number of methoxy groups -OCH3 is 1. The maximum Gasteiger partial charge on any atom is 0.251 e. The largest absolute Gasteiger partial charge is 0.497 e. The van der Waals surface area contributed by atoms with E-state index in [1.807, 2.05) is 36.4 Å². The highest BCUT2D eigenvalue weighted by atomic mass is 16.5. The number of H-pyrrole nitrogens is 1. The number of fused-ring (bicyclic) bond motifs is 3. The minimum atomic E-state index is -0.411. The predicted octanol–water partition coefficient (Wildman–Crippen LogP) is 3.99. The highest BCUT2D eigenvalue weighted by Gasteiger charge is 2.43. The van der Waals surface area contributed by atoms with Crippen LogP contribution < -0.4 is 9.64 Å². The molecule has 2 amide bonds. The molecule has 1 N–H and O–H groups in total. The van der Waals surface area contributed by atoms with Crippen molar-refractivity contribution in [3.05, 3.63) is 59.3 Å². The van der Waals surface area contributed by atoms with Crippen LogP contribution in [0, 0.1) is 0 Å². The molecule has 160 valence electrons. The smallest absolute Gasteiger partial charge is 0.251 e. The van der Waals surface area contributed by atoms with E-state index >= 15 is 0 Å². The molecule has 1 atom stereocenters. The Bertz CT molecular complexity index is 1160. The summed E-state index contributed by atoms with van der Waals surface area (Å²) in [5.41, 5.74) is 5.33. The van der Waals surface area contributed by atoms with E-state index in [1.54, 1.807) is 7.11 Å². The number of aromatic amines is 1. The van der Waals surface area contributed by atoms with E-state index in [2.05, 4.69) is 29.8 Å². The zero-order valence-electron chi connectivity index (χ0n) is 18.1. The number of ether oxygens (including phenoxy) is 1. The van der Waals surface area contributed by atoms with Crippen molar-refractivity contribution in [2.45, 2.75) is 45.2 Å². The van der Waals surface area contributed by atoms with E-state index in [0.29, 0.717) is 18.2 Å². The summed E-state index contributed by atoms with van der Waals surface area (Å²) in [5.74, 6) is 1.00. The summed E-state index contributed by atoms with van der Waals surface area (Å²) >= 11 is 0. The number of amides is 2. The maximum absolute atomic E-state index is 13.2. The molecule has 0 unspecified atom stereocenters. The summed E-state index contributed by atoms with van der Waals surface area (Å²) < 4.78 is 5.37. The summed E-state index contributed by atoms with van der Waals surface area (Å²) in [7, 11) is 1.67. The molecule has 5 rings (SSSR count). The Balaban J connectivity index is 1.38.